The van der Waals surface area contributed by atoms with E-state index in [9.17, 15) is 0 Å². The van der Waals surface area contributed by atoms with E-state index in [4.69, 9.17) is 9.47 Å². The molecule has 0 saturated carbocycles. The normalized spacial score (nSPS) is 28.7. The highest BCUT2D eigenvalue weighted by atomic mass is 16.5. The van der Waals surface area contributed by atoms with Gasteiger partial charge in [0.05, 0.1) is 12.7 Å². The van der Waals surface area contributed by atoms with Crippen LogP contribution < -0.4 is 0 Å². The first-order valence-electron chi connectivity index (χ1n) is 7.31. The molecular formula is C14H28N2O2. The van der Waals surface area contributed by atoms with E-state index in [2.05, 4.69) is 9.80 Å². The standard InChI is InChI=1S/C14H28N2O2/c1-17-12-14(18-2)11-15-7-5-9-16-8-4-3-6-13(16)10-15/h13-14H,3-12H2,1-2H3. The topological polar surface area (TPSA) is 24.9 Å². The Bertz CT molecular complexity index is 238. The predicted octanol–water partition coefficient (Wildman–Crippen LogP) is 1.21. The lowest BCUT2D eigenvalue weighted by Gasteiger charge is -2.36. The Hall–Kier alpha value is -0.160. The maximum absolute atomic E-state index is 5.49. The molecule has 2 rings (SSSR count). The van der Waals surface area contributed by atoms with Crippen molar-refractivity contribution in [2.45, 2.75) is 37.8 Å². The van der Waals surface area contributed by atoms with Crippen molar-refractivity contribution in [2.75, 3.05) is 53.6 Å². The molecule has 106 valence electrons. The number of nitrogens with zero attached hydrogens (tertiary/aromatic N) is 2. The molecule has 2 aliphatic rings. The third-order valence-corrected chi connectivity index (χ3v) is 4.29. The van der Waals surface area contributed by atoms with E-state index < -0.39 is 0 Å². The molecule has 0 aliphatic carbocycles. The summed E-state index contributed by atoms with van der Waals surface area (Å²) in [5.74, 6) is 0. The molecule has 2 fully saturated rings. The summed E-state index contributed by atoms with van der Waals surface area (Å²) in [6.07, 6.45) is 5.67. The second-order valence-corrected chi connectivity index (χ2v) is 5.61. The molecule has 0 radical (unpaired) electrons. The van der Waals surface area contributed by atoms with Gasteiger partial charge in [-0.3, -0.25) is 9.80 Å². The van der Waals surface area contributed by atoms with Gasteiger partial charge in [0.25, 0.3) is 0 Å². The van der Waals surface area contributed by atoms with Crippen molar-refractivity contribution >= 4 is 0 Å². The number of piperidine rings is 1. The molecule has 2 saturated heterocycles. The summed E-state index contributed by atoms with van der Waals surface area (Å²) < 4.78 is 10.7. The fourth-order valence-electron chi connectivity index (χ4n) is 3.28. The zero-order valence-corrected chi connectivity index (χ0v) is 11.9. The molecular weight excluding hydrogens is 228 g/mol. The summed E-state index contributed by atoms with van der Waals surface area (Å²) in [5, 5.41) is 0. The minimum Gasteiger partial charge on any atom is -0.382 e. The monoisotopic (exact) mass is 256 g/mol. The highest BCUT2D eigenvalue weighted by molar-refractivity contribution is 4.84. The van der Waals surface area contributed by atoms with Crippen LogP contribution in [0.15, 0.2) is 0 Å². The third kappa shape index (κ3) is 3.92. The lowest BCUT2D eigenvalue weighted by atomic mass is 10.0. The zero-order valence-electron chi connectivity index (χ0n) is 11.9. The average molecular weight is 256 g/mol. The second-order valence-electron chi connectivity index (χ2n) is 5.61. The molecule has 2 atom stereocenters. The molecule has 0 N–H and O–H groups in total. The van der Waals surface area contributed by atoms with Crippen LogP contribution in [-0.2, 0) is 9.47 Å². The second kappa shape index (κ2) is 7.43. The fourth-order valence-corrected chi connectivity index (χ4v) is 3.28. The van der Waals surface area contributed by atoms with Crippen molar-refractivity contribution in [2.24, 2.45) is 0 Å². The van der Waals surface area contributed by atoms with Gasteiger partial charge in [0, 0.05) is 33.4 Å². The van der Waals surface area contributed by atoms with Crippen molar-refractivity contribution in [3.05, 3.63) is 0 Å². The Morgan fingerprint density at radius 3 is 2.72 bits per heavy atom. The van der Waals surface area contributed by atoms with Crippen molar-refractivity contribution in [3.8, 4) is 0 Å². The van der Waals surface area contributed by atoms with Gasteiger partial charge in [-0.2, -0.15) is 0 Å². The third-order valence-electron chi connectivity index (χ3n) is 4.29. The Balaban J connectivity index is 1.85. The summed E-state index contributed by atoms with van der Waals surface area (Å²) in [4.78, 5) is 5.27. The number of ether oxygens (including phenoxy) is 2. The number of fused-ring (bicyclic) bond motifs is 1. The van der Waals surface area contributed by atoms with E-state index in [0.717, 1.165) is 12.6 Å². The molecule has 0 aromatic heterocycles. The molecule has 2 aliphatic heterocycles. The summed E-state index contributed by atoms with van der Waals surface area (Å²) >= 11 is 0. The Kier molecular flexibility index (Phi) is 5.89. The van der Waals surface area contributed by atoms with E-state index in [1.807, 2.05) is 0 Å². The highest BCUT2D eigenvalue weighted by Gasteiger charge is 2.27. The van der Waals surface area contributed by atoms with Crippen LogP contribution in [0.4, 0.5) is 0 Å². The number of hydrogen-bond donors (Lipinski definition) is 0. The Morgan fingerprint density at radius 1 is 1.11 bits per heavy atom. The summed E-state index contributed by atoms with van der Waals surface area (Å²) in [7, 11) is 3.53. The van der Waals surface area contributed by atoms with E-state index in [0.29, 0.717) is 6.61 Å². The first-order chi connectivity index (χ1) is 8.83. The van der Waals surface area contributed by atoms with Gasteiger partial charge in [-0.15, -0.1) is 0 Å². The smallest absolute Gasteiger partial charge is 0.0931 e. The molecule has 2 heterocycles. The van der Waals surface area contributed by atoms with Crippen molar-refractivity contribution in [3.63, 3.8) is 0 Å². The van der Waals surface area contributed by atoms with Gasteiger partial charge in [-0.25, -0.2) is 0 Å². The van der Waals surface area contributed by atoms with Crippen molar-refractivity contribution in [1.82, 2.24) is 9.80 Å². The Morgan fingerprint density at radius 2 is 1.94 bits per heavy atom. The van der Waals surface area contributed by atoms with Gasteiger partial charge in [0.2, 0.25) is 0 Å². The maximum Gasteiger partial charge on any atom is 0.0931 e. The molecule has 0 bridgehead atoms. The van der Waals surface area contributed by atoms with E-state index in [1.165, 1.54) is 51.9 Å². The summed E-state index contributed by atoms with van der Waals surface area (Å²) in [6, 6.07) is 0.779. The predicted molar refractivity (Wildman–Crippen MR) is 72.9 cm³/mol. The minimum atomic E-state index is 0.213. The van der Waals surface area contributed by atoms with Crippen LogP contribution in [0.1, 0.15) is 25.7 Å². The molecule has 0 aromatic carbocycles. The number of hydrogen-bond acceptors (Lipinski definition) is 4. The molecule has 0 amide bonds. The van der Waals surface area contributed by atoms with Crippen LogP contribution in [0.3, 0.4) is 0 Å². The first kappa shape index (κ1) is 14.3. The van der Waals surface area contributed by atoms with Gasteiger partial charge >= 0.3 is 0 Å². The van der Waals surface area contributed by atoms with Crippen LogP contribution in [0.5, 0.6) is 0 Å². The molecule has 18 heavy (non-hydrogen) atoms. The Labute approximate surface area is 111 Å². The van der Waals surface area contributed by atoms with Gasteiger partial charge in [-0.05, 0) is 38.9 Å². The maximum atomic E-state index is 5.49. The average Bonchev–Trinajstić information content (AvgIpc) is 2.59. The molecule has 4 nitrogen and oxygen atoms in total. The highest BCUT2D eigenvalue weighted by Crippen LogP contribution is 2.21. The van der Waals surface area contributed by atoms with E-state index in [1.54, 1.807) is 14.2 Å². The van der Waals surface area contributed by atoms with Crippen LogP contribution in [0.2, 0.25) is 0 Å². The van der Waals surface area contributed by atoms with Crippen LogP contribution >= 0.6 is 0 Å². The molecule has 0 aromatic rings. The van der Waals surface area contributed by atoms with Crippen molar-refractivity contribution in [1.29, 1.82) is 0 Å². The van der Waals surface area contributed by atoms with Crippen molar-refractivity contribution < 1.29 is 9.47 Å². The summed E-state index contributed by atoms with van der Waals surface area (Å²) in [5.41, 5.74) is 0. The van der Waals surface area contributed by atoms with Crippen LogP contribution in [-0.4, -0.2) is 75.5 Å². The van der Waals surface area contributed by atoms with Gasteiger partial charge in [0.1, 0.15) is 0 Å². The largest absolute Gasteiger partial charge is 0.382 e. The number of rotatable bonds is 5. The minimum absolute atomic E-state index is 0.213. The van der Waals surface area contributed by atoms with Gasteiger partial charge in [-0.1, -0.05) is 6.42 Å². The van der Waals surface area contributed by atoms with Gasteiger partial charge in [0.15, 0.2) is 0 Å². The van der Waals surface area contributed by atoms with Crippen LogP contribution in [0, 0.1) is 0 Å². The van der Waals surface area contributed by atoms with E-state index >= 15 is 0 Å². The van der Waals surface area contributed by atoms with Crippen LogP contribution in [0.25, 0.3) is 0 Å². The molecule has 2 unspecified atom stereocenters. The number of methoxy groups -OCH3 is 2. The lowest BCUT2D eigenvalue weighted by Crippen LogP contribution is -2.45. The first-order valence-corrected chi connectivity index (χ1v) is 7.31. The zero-order chi connectivity index (χ0) is 12.8. The quantitative estimate of drug-likeness (QED) is 0.738. The summed E-state index contributed by atoms with van der Waals surface area (Å²) in [6.45, 7) is 6.71. The van der Waals surface area contributed by atoms with Gasteiger partial charge < -0.3 is 9.47 Å². The SMILES string of the molecule is COCC(CN1CCCN2CCCCC2C1)OC. The fraction of sp³-hybridized carbons (Fsp3) is 1.00. The molecule has 4 heteroatoms. The molecule has 0 spiro atoms. The van der Waals surface area contributed by atoms with E-state index in [-0.39, 0.29) is 6.10 Å². The lowest BCUT2D eigenvalue weighted by molar-refractivity contribution is 0.00352.